The van der Waals surface area contributed by atoms with Crippen LogP contribution >= 0.6 is 11.8 Å². The van der Waals surface area contributed by atoms with E-state index < -0.39 is 0 Å². The number of fused-ring (bicyclic) bond motifs is 1. The van der Waals surface area contributed by atoms with Crippen molar-refractivity contribution in [3.05, 3.63) is 64.7 Å². The first kappa shape index (κ1) is 19.0. The van der Waals surface area contributed by atoms with E-state index in [2.05, 4.69) is 44.3 Å². The van der Waals surface area contributed by atoms with Gasteiger partial charge in [-0.1, -0.05) is 51.1 Å². The van der Waals surface area contributed by atoms with Crippen LogP contribution in [0.1, 0.15) is 73.1 Å². The van der Waals surface area contributed by atoms with Gasteiger partial charge in [0.1, 0.15) is 0 Å². The summed E-state index contributed by atoms with van der Waals surface area (Å²) in [7, 11) is 0. The number of carbonyl (C=O) groups is 1. The van der Waals surface area contributed by atoms with Crippen LogP contribution in [-0.4, -0.2) is 11.2 Å². The third-order valence-corrected chi connectivity index (χ3v) is 6.06. The van der Waals surface area contributed by atoms with Crippen LogP contribution in [0, 0.1) is 0 Å². The van der Waals surface area contributed by atoms with Crippen molar-refractivity contribution in [2.24, 2.45) is 0 Å². The number of benzene rings is 2. The van der Waals surface area contributed by atoms with E-state index in [0.29, 0.717) is 5.25 Å². The van der Waals surface area contributed by atoms with Crippen molar-refractivity contribution in [3.63, 3.8) is 0 Å². The van der Waals surface area contributed by atoms with E-state index in [1.165, 1.54) is 42.4 Å². The Bertz CT molecular complexity index is 769. The second-order valence-corrected chi connectivity index (χ2v) is 8.95. The predicted octanol–water partition coefficient (Wildman–Crippen LogP) is 5.95. The van der Waals surface area contributed by atoms with Gasteiger partial charge in [0.05, 0.1) is 11.6 Å². The van der Waals surface area contributed by atoms with Gasteiger partial charge in [-0.2, -0.15) is 0 Å². The lowest BCUT2D eigenvalue weighted by atomic mass is 9.88. The summed E-state index contributed by atoms with van der Waals surface area (Å²) in [6.45, 7) is 6.45. The Morgan fingerprint density at radius 2 is 1.81 bits per heavy atom. The highest BCUT2D eigenvalue weighted by molar-refractivity contribution is 8.00. The van der Waals surface area contributed by atoms with E-state index >= 15 is 0 Å². The molecule has 3 rings (SSSR count). The van der Waals surface area contributed by atoms with Gasteiger partial charge < -0.3 is 5.32 Å². The maximum atomic E-state index is 13.0. The monoisotopic (exact) mass is 367 g/mol. The number of hydrogen-bond donors (Lipinski definition) is 1. The van der Waals surface area contributed by atoms with Crippen molar-refractivity contribution in [2.75, 3.05) is 0 Å². The average Bonchev–Trinajstić information content (AvgIpc) is 2.65. The first-order valence-electron chi connectivity index (χ1n) is 9.76. The Labute approximate surface area is 161 Å². The second-order valence-electron chi connectivity index (χ2n) is 7.33. The van der Waals surface area contributed by atoms with Crippen LogP contribution in [0.25, 0.3) is 0 Å². The molecule has 26 heavy (non-hydrogen) atoms. The SMILES string of the molecule is CCC(NC(=O)c1ccccc1SC(C)C)c1ccc2c(c1)CCCC2. The summed E-state index contributed by atoms with van der Waals surface area (Å²) >= 11 is 1.74. The zero-order chi connectivity index (χ0) is 18.5. The first-order valence-corrected chi connectivity index (χ1v) is 10.6. The number of rotatable bonds is 6. The minimum Gasteiger partial charge on any atom is -0.345 e. The fourth-order valence-corrected chi connectivity index (χ4v) is 4.59. The van der Waals surface area contributed by atoms with E-state index in [-0.39, 0.29) is 11.9 Å². The zero-order valence-electron chi connectivity index (χ0n) is 16.0. The number of thioether (sulfide) groups is 1. The largest absolute Gasteiger partial charge is 0.345 e. The summed E-state index contributed by atoms with van der Waals surface area (Å²) in [5.41, 5.74) is 4.97. The molecule has 138 valence electrons. The van der Waals surface area contributed by atoms with Crippen LogP contribution in [0.15, 0.2) is 47.4 Å². The fourth-order valence-electron chi connectivity index (χ4n) is 3.64. The Morgan fingerprint density at radius 1 is 1.08 bits per heavy atom. The van der Waals surface area contributed by atoms with Crippen molar-refractivity contribution in [1.29, 1.82) is 0 Å². The molecule has 0 bridgehead atoms. The molecular formula is C23H29NOS. The van der Waals surface area contributed by atoms with Crippen molar-refractivity contribution in [1.82, 2.24) is 5.32 Å². The molecule has 3 heteroatoms. The Hall–Kier alpha value is -1.74. The molecule has 0 saturated carbocycles. The predicted molar refractivity (Wildman–Crippen MR) is 111 cm³/mol. The van der Waals surface area contributed by atoms with Gasteiger partial charge in [0.25, 0.3) is 5.91 Å². The minimum absolute atomic E-state index is 0.0262. The van der Waals surface area contributed by atoms with Crippen molar-refractivity contribution < 1.29 is 4.79 Å². The third-order valence-electron chi connectivity index (χ3n) is 4.98. The van der Waals surface area contributed by atoms with Crippen molar-refractivity contribution in [2.45, 2.75) is 69.1 Å². The van der Waals surface area contributed by atoms with Gasteiger partial charge in [-0.25, -0.2) is 0 Å². The summed E-state index contributed by atoms with van der Waals surface area (Å²) in [5, 5.41) is 3.72. The number of aryl methyl sites for hydroxylation is 2. The Kier molecular flexibility index (Phi) is 6.42. The Balaban J connectivity index is 1.79. The number of nitrogens with one attached hydrogen (secondary N) is 1. The van der Waals surface area contributed by atoms with Crippen LogP contribution in [0.4, 0.5) is 0 Å². The van der Waals surface area contributed by atoms with Crippen LogP contribution < -0.4 is 5.32 Å². The van der Waals surface area contributed by atoms with E-state index in [1.54, 1.807) is 11.8 Å². The van der Waals surface area contributed by atoms with Gasteiger partial charge in [0, 0.05) is 10.1 Å². The molecule has 1 atom stereocenters. The molecule has 1 aliphatic rings. The molecule has 0 aromatic heterocycles. The Morgan fingerprint density at radius 3 is 2.54 bits per heavy atom. The quantitative estimate of drug-likeness (QED) is 0.640. The highest BCUT2D eigenvalue weighted by Crippen LogP contribution is 2.29. The molecule has 0 aliphatic heterocycles. The summed E-state index contributed by atoms with van der Waals surface area (Å²) < 4.78 is 0. The zero-order valence-corrected chi connectivity index (χ0v) is 16.9. The van der Waals surface area contributed by atoms with E-state index in [9.17, 15) is 4.79 Å². The number of carbonyl (C=O) groups excluding carboxylic acids is 1. The van der Waals surface area contributed by atoms with Gasteiger partial charge >= 0.3 is 0 Å². The molecule has 1 unspecified atom stereocenters. The fraction of sp³-hybridized carbons (Fsp3) is 0.435. The van der Waals surface area contributed by atoms with Crippen LogP contribution in [-0.2, 0) is 12.8 Å². The van der Waals surface area contributed by atoms with Gasteiger partial charge in [-0.3, -0.25) is 4.79 Å². The lowest BCUT2D eigenvalue weighted by Crippen LogP contribution is -2.28. The maximum absolute atomic E-state index is 13.0. The molecule has 2 aromatic carbocycles. The summed E-state index contributed by atoms with van der Waals surface area (Å²) in [6, 6.07) is 14.8. The molecule has 2 aromatic rings. The lowest BCUT2D eigenvalue weighted by Gasteiger charge is -2.22. The van der Waals surface area contributed by atoms with Crippen molar-refractivity contribution in [3.8, 4) is 0 Å². The van der Waals surface area contributed by atoms with Crippen molar-refractivity contribution >= 4 is 17.7 Å². The first-order chi connectivity index (χ1) is 12.6. The second kappa shape index (κ2) is 8.77. The standard InChI is InChI=1S/C23H29NOS/c1-4-21(19-14-13-17-9-5-6-10-18(17)15-19)24-23(25)20-11-7-8-12-22(20)26-16(2)3/h7-8,11-16,21H,4-6,9-10H2,1-3H3,(H,24,25). The molecule has 0 fully saturated rings. The molecule has 0 saturated heterocycles. The molecule has 0 radical (unpaired) electrons. The molecule has 0 spiro atoms. The molecule has 0 heterocycles. The number of hydrogen-bond acceptors (Lipinski definition) is 2. The van der Waals surface area contributed by atoms with E-state index in [1.807, 2.05) is 24.3 Å². The maximum Gasteiger partial charge on any atom is 0.252 e. The molecule has 1 N–H and O–H groups in total. The van der Waals surface area contributed by atoms with E-state index in [4.69, 9.17) is 0 Å². The smallest absolute Gasteiger partial charge is 0.252 e. The third kappa shape index (κ3) is 4.50. The summed E-state index contributed by atoms with van der Waals surface area (Å²) in [5.74, 6) is 0.0262. The molecule has 2 nitrogen and oxygen atoms in total. The number of amides is 1. The molecule has 1 amide bonds. The van der Waals surface area contributed by atoms with Gasteiger partial charge in [-0.05, 0) is 60.9 Å². The van der Waals surface area contributed by atoms with Gasteiger partial charge in [0.15, 0.2) is 0 Å². The normalized spacial score (nSPS) is 14.8. The van der Waals surface area contributed by atoms with Crippen LogP contribution in [0.5, 0.6) is 0 Å². The van der Waals surface area contributed by atoms with Crippen LogP contribution in [0.2, 0.25) is 0 Å². The van der Waals surface area contributed by atoms with Gasteiger partial charge in [-0.15, -0.1) is 11.8 Å². The van der Waals surface area contributed by atoms with Crippen LogP contribution in [0.3, 0.4) is 0 Å². The molecule has 1 aliphatic carbocycles. The highest BCUT2D eigenvalue weighted by atomic mass is 32.2. The highest BCUT2D eigenvalue weighted by Gasteiger charge is 2.19. The molecular weight excluding hydrogens is 338 g/mol. The minimum atomic E-state index is 0.0262. The lowest BCUT2D eigenvalue weighted by molar-refractivity contribution is 0.0932. The average molecular weight is 368 g/mol. The topological polar surface area (TPSA) is 29.1 Å². The summed E-state index contributed by atoms with van der Waals surface area (Å²) in [6.07, 6.45) is 5.83. The van der Waals surface area contributed by atoms with E-state index in [0.717, 1.165) is 16.9 Å². The van der Waals surface area contributed by atoms with Gasteiger partial charge in [0.2, 0.25) is 0 Å². The summed E-state index contributed by atoms with van der Waals surface area (Å²) in [4.78, 5) is 14.0.